The number of benzene rings is 2. The van der Waals surface area contributed by atoms with Gasteiger partial charge >= 0.3 is 5.97 Å². The van der Waals surface area contributed by atoms with Crippen molar-refractivity contribution >= 4 is 40.5 Å². The molecule has 0 aliphatic carbocycles. The number of carbonyl (C=O) groups excluding carboxylic acids is 3. The highest BCUT2D eigenvalue weighted by atomic mass is 19.1. The molecule has 2 aliphatic rings. The van der Waals surface area contributed by atoms with Gasteiger partial charge in [0.15, 0.2) is 6.10 Å². The van der Waals surface area contributed by atoms with Gasteiger partial charge in [0, 0.05) is 24.5 Å². The summed E-state index contributed by atoms with van der Waals surface area (Å²) in [5, 5.41) is 12.3. The number of ether oxygens (including phenoxy) is 1. The minimum atomic E-state index is -1.33. The summed E-state index contributed by atoms with van der Waals surface area (Å²) in [6.45, 7) is 4.83. The number of nitrogens with one attached hydrogen (secondary N) is 1. The Balaban J connectivity index is 0.000000220. The van der Waals surface area contributed by atoms with Gasteiger partial charge in [-0.3, -0.25) is 9.59 Å². The average Bonchev–Trinajstić information content (AvgIpc) is 3.33. The molecule has 2 aromatic carbocycles. The highest BCUT2D eigenvalue weighted by Gasteiger charge is 2.31. The number of amides is 2. The van der Waals surface area contributed by atoms with E-state index in [9.17, 15) is 28.3 Å². The summed E-state index contributed by atoms with van der Waals surface area (Å²) in [5.41, 5.74) is 8.35. The highest BCUT2D eigenvalue weighted by Crippen LogP contribution is 2.35. The lowest BCUT2D eigenvalue weighted by Gasteiger charge is -2.18. The summed E-state index contributed by atoms with van der Waals surface area (Å²) < 4.78 is 32.3. The first-order valence-electron chi connectivity index (χ1n) is 12.1. The van der Waals surface area contributed by atoms with Crippen LogP contribution in [0, 0.1) is 11.6 Å². The molecule has 0 saturated carbocycles. The minimum Gasteiger partial charge on any atom is -0.467 e. The Bertz CT molecular complexity index is 1190. The first kappa shape index (κ1) is 27.9. The summed E-state index contributed by atoms with van der Waals surface area (Å²) in [4.78, 5) is 37.6. The zero-order valence-electron chi connectivity index (χ0n) is 21.1. The summed E-state index contributed by atoms with van der Waals surface area (Å²) in [6, 6.07) is 5.85. The number of nitrogen functional groups attached to an aromatic ring is 1. The van der Waals surface area contributed by atoms with E-state index >= 15 is 0 Å². The molecule has 11 heteroatoms. The molecular weight excluding hydrogens is 486 g/mol. The van der Waals surface area contributed by atoms with Gasteiger partial charge in [-0.1, -0.05) is 13.8 Å². The van der Waals surface area contributed by atoms with Crippen molar-refractivity contribution in [3.8, 4) is 0 Å². The number of anilines is 4. The molecule has 1 atom stereocenters. The molecule has 0 saturated heterocycles. The molecule has 1 unspecified atom stereocenters. The zero-order valence-corrected chi connectivity index (χ0v) is 21.1. The topological polar surface area (TPSA) is 125 Å². The van der Waals surface area contributed by atoms with E-state index in [2.05, 4.69) is 10.1 Å². The van der Waals surface area contributed by atoms with Crippen molar-refractivity contribution in [3.63, 3.8) is 0 Å². The number of fused-ring (bicyclic) bond motifs is 2. The second-order valence-corrected chi connectivity index (χ2v) is 8.84. The van der Waals surface area contributed by atoms with Gasteiger partial charge in [0.05, 0.1) is 37.9 Å². The Hall–Kier alpha value is -3.73. The lowest BCUT2D eigenvalue weighted by atomic mass is 10.1. The lowest BCUT2D eigenvalue weighted by molar-refractivity contribution is -0.149. The number of rotatable bonds is 8. The third-order valence-electron chi connectivity index (χ3n) is 6.00. The van der Waals surface area contributed by atoms with Crippen molar-refractivity contribution < 1.29 is 33.0 Å². The van der Waals surface area contributed by atoms with Gasteiger partial charge in [-0.15, -0.1) is 0 Å². The molecule has 200 valence electrons. The number of hydrogen-bond donors (Lipinski definition) is 3. The van der Waals surface area contributed by atoms with Crippen LogP contribution in [-0.2, 0) is 32.0 Å². The van der Waals surface area contributed by atoms with Crippen LogP contribution in [0.5, 0.6) is 0 Å². The van der Waals surface area contributed by atoms with E-state index in [0.717, 1.165) is 12.8 Å². The van der Waals surface area contributed by atoms with Crippen LogP contribution in [0.4, 0.5) is 31.5 Å². The summed E-state index contributed by atoms with van der Waals surface area (Å²) in [5.74, 6) is -1.83. The molecule has 0 fully saturated rings. The molecule has 0 aromatic heterocycles. The van der Waals surface area contributed by atoms with Crippen molar-refractivity contribution in [1.29, 1.82) is 0 Å². The summed E-state index contributed by atoms with van der Waals surface area (Å²) in [7, 11) is 1.18. The second-order valence-electron chi connectivity index (χ2n) is 8.84. The van der Waals surface area contributed by atoms with Crippen LogP contribution in [0.25, 0.3) is 0 Å². The third-order valence-corrected chi connectivity index (χ3v) is 6.00. The van der Waals surface area contributed by atoms with Crippen LogP contribution in [0.15, 0.2) is 24.3 Å². The van der Waals surface area contributed by atoms with Crippen LogP contribution in [0.2, 0.25) is 0 Å². The maximum Gasteiger partial charge on any atom is 0.336 e. The molecule has 4 rings (SSSR count). The zero-order chi connectivity index (χ0) is 27.3. The van der Waals surface area contributed by atoms with E-state index in [4.69, 9.17) is 5.73 Å². The Morgan fingerprint density at radius 1 is 1.00 bits per heavy atom. The maximum absolute atomic E-state index is 14.3. The summed E-state index contributed by atoms with van der Waals surface area (Å²) in [6.07, 6.45) is 0.642. The van der Waals surface area contributed by atoms with Gasteiger partial charge in [-0.2, -0.15) is 0 Å². The van der Waals surface area contributed by atoms with E-state index in [1.807, 2.05) is 13.8 Å². The second kappa shape index (κ2) is 12.0. The van der Waals surface area contributed by atoms with E-state index in [0.29, 0.717) is 47.0 Å². The smallest absolute Gasteiger partial charge is 0.336 e. The predicted octanol–water partition coefficient (Wildman–Crippen LogP) is 2.78. The third kappa shape index (κ3) is 6.16. The van der Waals surface area contributed by atoms with E-state index in [1.54, 1.807) is 12.1 Å². The van der Waals surface area contributed by atoms with Crippen LogP contribution >= 0.6 is 0 Å². The maximum atomic E-state index is 14.3. The number of nitrogens with zero attached hydrogens (tertiary/aromatic N) is 2. The predicted molar refractivity (Wildman–Crippen MR) is 136 cm³/mol. The number of hydrogen-bond acceptors (Lipinski definition) is 7. The fourth-order valence-electron chi connectivity index (χ4n) is 4.43. The van der Waals surface area contributed by atoms with Crippen LogP contribution in [-0.4, -0.2) is 55.7 Å². The lowest BCUT2D eigenvalue weighted by Crippen LogP contribution is -2.29. The molecule has 2 amide bonds. The van der Waals surface area contributed by atoms with Crippen molar-refractivity contribution in [2.45, 2.75) is 45.6 Å². The van der Waals surface area contributed by atoms with Gasteiger partial charge in [-0.05, 0) is 48.2 Å². The largest absolute Gasteiger partial charge is 0.467 e. The van der Waals surface area contributed by atoms with Gasteiger partial charge in [0.2, 0.25) is 11.8 Å². The summed E-state index contributed by atoms with van der Waals surface area (Å²) >= 11 is 0. The average molecular weight is 519 g/mol. The number of nitrogens with two attached hydrogens (primary N) is 1. The monoisotopic (exact) mass is 518 g/mol. The molecule has 0 spiro atoms. The molecular formula is C26H32F2N4O5. The number of aliphatic hydroxyl groups excluding tert-OH is 1. The fraction of sp³-hybridized carbons (Fsp3) is 0.423. The quantitative estimate of drug-likeness (QED) is 0.363. The molecule has 2 heterocycles. The molecule has 4 N–H and O–H groups in total. The molecule has 9 nitrogen and oxygen atoms in total. The van der Waals surface area contributed by atoms with Crippen molar-refractivity contribution in [2.24, 2.45) is 0 Å². The SMILES string of the molecule is CCCN1C(=O)Cc2cc(N)cc(F)c21.CCCN1C(=O)Cc2cc(NCC(O)C(=O)OC)cc(F)c21. The number of esters is 1. The van der Waals surface area contributed by atoms with Gasteiger partial charge < -0.3 is 30.7 Å². The number of halogens is 2. The Morgan fingerprint density at radius 3 is 2.03 bits per heavy atom. The van der Waals surface area contributed by atoms with Crippen molar-refractivity contribution in [2.75, 3.05) is 47.6 Å². The fourth-order valence-corrected chi connectivity index (χ4v) is 4.43. The molecule has 2 aliphatic heterocycles. The van der Waals surface area contributed by atoms with Gasteiger partial charge in [0.1, 0.15) is 11.6 Å². The molecule has 0 bridgehead atoms. The molecule has 37 heavy (non-hydrogen) atoms. The standard InChI is InChI=1S/C15H19FN2O4.C11H13FN2O/c1-3-4-18-13(20)6-9-5-10(7-11(16)14(9)18)17-8-12(19)15(21)22-2;1-2-3-14-10(15)5-7-4-8(13)6-9(12)11(7)14/h5,7,12,17,19H,3-4,6,8H2,1-2H3;4,6H,2-3,5,13H2,1H3. The van der Waals surface area contributed by atoms with E-state index in [-0.39, 0.29) is 31.2 Å². The van der Waals surface area contributed by atoms with Gasteiger partial charge in [0.25, 0.3) is 0 Å². The Labute approximate surface area is 214 Å². The minimum absolute atomic E-state index is 0.0450. The molecule has 2 aromatic rings. The van der Waals surface area contributed by atoms with Crippen LogP contribution < -0.4 is 20.9 Å². The first-order valence-corrected chi connectivity index (χ1v) is 12.1. The number of aliphatic hydroxyl groups is 1. The number of carbonyl (C=O) groups is 3. The van der Waals surface area contributed by atoms with Crippen molar-refractivity contribution in [1.82, 2.24) is 0 Å². The van der Waals surface area contributed by atoms with E-state index in [1.165, 1.54) is 29.0 Å². The highest BCUT2D eigenvalue weighted by molar-refractivity contribution is 6.02. The Morgan fingerprint density at radius 2 is 1.51 bits per heavy atom. The number of methoxy groups -OCH3 is 1. The van der Waals surface area contributed by atoms with Crippen LogP contribution in [0.3, 0.4) is 0 Å². The van der Waals surface area contributed by atoms with E-state index < -0.39 is 23.7 Å². The normalized spacial score (nSPS) is 14.6. The molecule has 0 radical (unpaired) electrons. The van der Waals surface area contributed by atoms with Gasteiger partial charge in [-0.25, -0.2) is 13.6 Å². The van der Waals surface area contributed by atoms with Crippen molar-refractivity contribution in [3.05, 3.63) is 47.0 Å². The van der Waals surface area contributed by atoms with Crippen LogP contribution in [0.1, 0.15) is 37.8 Å². The first-order chi connectivity index (χ1) is 17.6. The Kier molecular flexibility index (Phi) is 9.04.